The second-order valence-corrected chi connectivity index (χ2v) is 9.19. The second kappa shape index (κ2) is 11.2. The lowest BCUT2D eigenvalue weighted by atomic mass is 9.85. The van der Waals surface area contributed by atoms with E-state index in [9.17, 15) is 9.18 Å². The van der Waals surface area contributed by atoms with Gasteiger partial charge in [0.2, 0.25) is 0 Å². The lowest BCUT2D eigenvalue weighted by Crippen LogP contribution is -2.50. The molecule has 0 unspecified atom stereocenters. The van der Waals surface area contributed by atoms with Crippen molar-refractivity contribution in [1.29, 1.82) is 0 Å². The number of benzene rings is 2. The van der Waals surface area contributed by atoms with Crippen molar-refractivity contribution in [2.45, 2.75) is 39.5 Å². The summed E-state index contributed by atoms with van der Waals surface area (Å²) in [5, 5.41) is 9.08. The van der Waals surface area contributed by atoms with Crippen LogP contribution in [0.1, 0.15) is 43.4 Å². The Morgan fingerprint density at radius 3 is 2.58 bits per heavy atom. The number of ether oxygens (including phenoxy) is 1. The van der Waals surface area contributed by atoms with E-state index in [1.807, 2.05) is 12.1 Å². The predicted molar refractivity (Wildman–Crippen MR) is 132 cm³/mol. The van der Waals surface area contributed by atoms with Gasteiger partial charge in [0, 0.05) is 19.6 Å². The van der Waals surface area contributed by atoms with Gasteiger partial charge in [-0.05, 0) is 85.1 Å². The highest BCUT2D eigenvalue weighted by Crippen LogP contribution is 2.34. The Bertz CT molecular complexity index is 999. The average Bonchev–Trinajstić information content (AvgIpc) is 2.75. The number of carboxylic acids is 1. The summed E-state index contributed by atoms with van der Waals surface area (Å²) in [5.41, 5.74) is 6.48. The monoisotopic (exact) mass is 473 g/mol. The van der Waals surface area contributed by atoms with E-state index < -0.39 is 5.97 Å². The van der Waals surface area contributed by atoms with E-state index in [0.29, 0.717) is 25.6 Å². The van der Waals surface area contributed by atoms with Crippen molar-refractivity contribution in [3.63, 3.8) is 0 Å². The van der Waals surface area contributed by atoms with Gasteiger partial charge in [0.05, 0.1) is 12.5 Å². The van der Waals surface area contributed by atoms with Gasteiger partial charge in [0.25, 0.3) is 0 Å². The van der Waals surface area contributed by atoms with Gasteiger partial charge in [-0.3, -0.25) is 9.69 Å². The molecule has 1 saturated heterocycles. The average molecular weight is 474 g/mol. The molecule has 178 valence electrons. The zero-order valence-corrected chi connectivity index (χ0v) is 20.2. The number of hydrogen-bond acceptors (Lipinski definition) is 3. The Labute approximate surface area is 201 Å². The first-order valence-electron chi connectivity index (χ1n) is 11.6. The first-order valence-corrected chi connectivity index (χ1v) is 11.6. The highest BCUT2D eigenvalue weighted by atomic mass is 35.5. The Kier molecular flexibility index (Phi) is 8.55. The van der Waals surface area contributed by atoms with E-state index in [1.165, 1.54) is 34.4 Å². The third kappa shape index (κ3) is 6.15. The van der Waals surface area contributed by atoms with Crippen LogP contribution in [0.15, 0.2) is 48.0 Å². The quantitative estimate of drug-likeness (QED) is 0.512. The van der Waals surface area contributed by atoms with Gasteiger partial charge in [0.1, 0.15) is 11.6 Å². The number of rotatable bonds is 9. The maximum Gasteiger partial charge on any atom is 0.309 e. The van der Waals surface area contributed by atoms with Crippen LogP contribution >= 0.6 is 12.4 Å². The lowest BCUT2D eigenvalue weighted by Gasteiger charge is -2.38. The molecule has 0 saturated carbocycles. The highest BCUT2D eigenvalue weighted by molar-refractivity contribution is 5.85. The molecular weight excluding hydrogens is 441 g/mol. The van der Waals surface area contributed by atoms with Crippen LogP contribution in [0.5, 0.6) is 5.75 Å². The summed E-state index contributed by atoms with van der Waals surface area (Å²) in [5.74, 6) is 0.201. The summed E-state index contributed by atoms with van der Waals surface area (Å²) in [7, 11) is 0. The molecule has 0 spiro atoms. The first-order chi connectivity index (χ1) is 15.4. The molecule has 6 heteroatoms. The first kappa shape index (κ1) is 25.3. The number of halogens is 2. The van der Waals surface area contributed by atoms with Crippen molar-refractivity contribution in [1.82, 2.24) is 4.90 Å². The SMILES string of the molecule is CC[C@H](COc1ccc2c(c1)CCC(CN1CC(C(=O)O)C1)=C2C)Cc1ccc(F)cc1.Cl. The third-order valence-electron chi connectivity index (χ3n) is 6.93. The van der Waals surface area contributed by atoms with E-state index in [0.717, 1.165) is 43.5 Å². The van der Waals surface area contributed by atoms with Crippen molar-refractivity contribution < 1.29 is 19.0 Å². The van der Waals surface area contributed by atoms with Gasteiger partial charge in [0.15, 0.2) is 0 Å². The molecule has 1 heterocycles. The maximum absolute atomic E-state index is 13.1. The van der Waals surface area contributed by atoms with Gasteiger partial charge in [-0.15, -0.1) is 12.4 Å². The molecule has 1 fully saturated rings. The lowest BCUT2D eigenvalue weighted by molar-refractivity contribution is -0.147. The van der Waals surface area contributed by atoms with Gasteiger partial charge in [-0.1, -0.05) is 30.7 Å². The maximum atomic E-state index is 13.1. The molecule has 1 N–H and O–H groups in total. The van der Waals surface area contributed by atoms with E-state index in [2.05, 4.69) is 36.9 Å². The second-order valence-electron chi connectivity index (χ2n) is 9.19. The zero-order valence-electron chi connectivity index (χ0n) is 19.4. The van der Waals surface area contributed by atoms with E-state index in [-0.39, 0.29) is 24.1 Å². The molecule has 2 aromatic carbocycles. The van der Waals surface area contributed by atoms with E-state index in [1.54, 1.807) is 0 Å². The molecule has 4 nitrogen and oxygen atoms in total. The molecule has 2 aliphatic rings. The third-order valence-corrected chi connectivity index (χ3v) is 6.93. The van der Waals surface area contributed by atoms with Crippen LogP contribution < -0.4 is 4.74 Å². The topological polar surface area (TPSA) is 49.8 Å². The molecule has 1 aliphatic carbocycles. The number of allylic oxidation sites excluding steroid dienone is 1. The molecule has 0 bridgehead atoms. The van der Waals surface area contributed by atoms with Crippen LogP contribution in [-0.2, 0) is 17.6 Å². The number of fused-ring (bicyclic) bond motifs is 1. The summed E-state index contributed by atoms with van der Waals surface area (Å²) >= 11 is 0. The molecule has 0 aromatic heterocycles. The molecule has 1 aliphatic heterocycles. The van der Waals surface area contributed by atoms with Crippen molar-refractivity contribution in [3.05, 3.63) is 70.5 Å². The van der Waals surface area contributed by atoms with Crippen molar-refractivity contribution in [2.24, 2.45) is 11.8 Å². The standard InChI is InChI=1S/C27H32FNO3.ClH/c1-3-19(12-20-4-8-24(28)9-5-20)17-32-25-10-11-26-18(2)22(7-6-21(26)13-25)14-29-15-23(16-29)27(30)31;/h4-5,8-11,13,19,23H,3,6-7,12,14-17H2,1-2H3,(H,30,31);1H/t19-;/m0./s1. The number of likely N-dealkylation sites (tertiary alicyclic amines) is 1. The fraction of sp³-hybridized carbons (Fsp3) is 0.444. The minimum Gasteiger partial charge on any atom is -0.493 e. The molecule has 1 atom stereocenters. The zero-order chi connectivity index (χ0) is 22.7. The minimum absolute atomic E-state index is 0. The van der Waals surface area contributed by atoms with Crippen LogP contribution in [0.3, 0.4) is 0 Å². The highest BCUT2D eigenvalue weighted by Gasteiger charge is 2.33. The van der Waals surface area contributed by atoms with Gasteiger partial charge < -0.3 is 9.84 Å². The van der Waals surface area contributed by atoms with Crippen molar-refractivity contribution in [2.75, 3.05) is 26.2 Å². The van der Waals surface area contributed by atoms with Crippen molar-refractivity contribution in [3.8, 4) is 5.75 Å². The molecule has 2 aromatic rings. The summed E-state index contributed by atoms with van der Waals surface area (Å²) < 4.78 is 19.3. The van der Waals surface area contributed by atoms with Gasteiger partial charge in [-0.25, -0.2) is 4.39 Å². The molecular formula is C27H33ClFNO3. The van der Waals surface area contributed by atoms with Crippen LogP contribution in [0.25, 0.3) is 5.57 Å². The largest absolute Gasteiger partial charge is 0.493 e. The fourth-order valence-corrected chi connectivity index (χ4v) is 4.71. The summed E-state index contributed by atoms with van der Waals surface area (Å²) in [6, 6.07) is 13.1. The molecule has 33 heavy (non-hydrogen) atoms. The Morgan fingerprint density at radius 1 is 1.18 bits per heavy atom. The molecule has 0 radical (unpaired) electrons. The van der Waals surface area contributed by atoms with Crippen molar-refractivity contribution >= 4 is 23.9 Å². The van der Waals surface area contributed by atoms with Gasteiger partial charge in [-0.2, -0.15) is 0 Å². The Balaban J connectivity index is 0.00000306. The van der Waals surface area contributed by atoms with Crippen LogP contribution in [0.4, 0.5) is 4.39 Å². The van der Waals surface area contributed by atoms with Crippen LogP contribution in [0, 0.1) is 17.7 Å². The minimum atomic E-state index is -0.684. The van der Waals surface area contributed by atoms with E-state index >= 15 is 0 Å². The number of carboxylic acid groups (broad SMARTS) is 1. The normalized spacial score (nSPS) is 17.1. The summed E-state index contributed by atoms with van der Waals surface area (Å²) in [4.78, 5) is 13.3. The predicted octanol–water partition coefficient (Wildman–Crippen LogP) is 5.63. The number of hydrogen-bond donors (Lipinski definition) is 1. The summed E-state index contributed by atoms with van der Waals surface area (Å²) in [6.07, 6.45) is 3.89. The summed E-state index contributed by atoms with van der Waals surface area (Å²) in [6.45, 7) is 7.17. The fourth-order valence-electron chi connectivity index (χ4n) is 4.71. The number of aliphatic carboxylic acids is 1. The van der Waals surface area contributed by atoms with Crippen LogP contribution in [0.2, 0.25) is 0 Å². The van der Waals surface area contributed by atoms with E-state index in [4.69, 9.17) is 9.84 Å². The van der Waals surface area contributed by atoms with Crippen LogP contribution in [-0.4, -0.2) is 42.2 Å². The van der Waals surface area contributed by atoms with Gasteiger partial charge >= 0.3 is 5.97 Å². The molecule has 0 amide bonds. The molecule has 4 rings (SSSR count). The number of carbonyl (C=O) groups is 1. The Morgan fingerprint density at radius 2 is 1.91 bits per heavy atom. The Hall–Kier alpha value is -2.37. The number of aryl methyl sites for hydroxylation is 1. The smallest absolute Gasteiger partial charge is 0.309 e. The number of nitrogens with zero attached hydrogens (tertiary/aromatic N) is 1.